The molecule has 0 aliphatic heterocycles. The molecule has 3 aromatic carbocycles. The minimum absolute atomic E-state index is 0.0223. The molecule has 0 bridgehead atoms. The molecule has 0 heterocycles. The van der Waals surface area contributed by atoms with Crippen LogP contribution in [0.25, 0.3) is 11.1 Å². The molecule has 7 nitrogen and oxygen atoms in total. The smallest absolute Gasteiger partial charge is 0.321 e. The number of carbonyl (C=O) groups is 2. The van der Waals surface area contributed by atoms with Gasteiger partial charge < -0.3 is 10.1 Å². The van der Waals surface area contributed by atoms with Crippen molar-refractivity contribution < 1.29 is 22.7 Å². The molecule has 0 saturated carbocycles. The number of anilines is 1. The van der Waals surface area contributed by atoms with E-state index in [9.17, 15) is 18.0 Å². The Bertz CT molecular complexity index is 1140. The van der Waals surface area contributed by atoms with Gasteiger partial charge in [0.1, 0.15) is 13.2 Å². The first kappa shape index (κ1) is 22.2. The Kier molecular flexibility index (Phi) is 7.17. The minimum atomic E-state index is -3.88. The maximum Gasteiger partial charge on any atom is 0.321 e. The third-order valence-corrected chi connectivity index (χ3v) is 5.77. The predicted octanol–water partition coefficient (Wildman–Crippen LogP) is 3.33. The van der Waals surface area contributed by atoms with E-state index in [0.717, 1.165) is 16.7 Å². The van der Waals surface area contributed by atoms with Gasteiger partial charge in [0.05, 0.1) is 4.90 Å². The number of amides is 1. The number of hydrogen-bond donors (Lipinski definition) is 2. The first-order valence-corrected chi connectivity index (χ1v) is 11.0. The standard InChI is InChI=1S/C23H22N2O5S/c1-17(26)25-21-11-13-22(14-12-21)31(28,29)24-15-23(27)30-16-18-7-9-20(10-8-18)19-5-3-2-4-6-19/h2-14,24H,15-16H2,1H3,(H,25,26). The van der Waals surface area contributed by atoms with E-state index < -0.39 is 22.5 Å². The molecule has 3 aromatic rings. The Labute approximate surface area is 181 Å². The summed E-state index contributed by atoms with van der Waals surface area (Å²) in [6, 6.07) is 23.1. The van der Waals surface area contributed by atoms with E-state index in [2.05, 4.69) is 10.0 Å². The van der Waals surface area contributed by atoms with Gasteiger partial charge >= 0.3 is 5.97 Å². The predicted molar refractivity (Wildman–Crippen MR) is 118 cm³/mol. The number of hydrogen-bond acceptors (Lipinski definition) is 5. The van der Waals surface area contributed by atoms with Crippen LogP contribution < -0.4 is 10.0 Å². The van der Waals surface area contributed by atoms with Gasteiger partial charge in [-0.15, -0.1) is 0 Å². The van der Waals surface area contributed by atoms with Crippen LogP contribution >= 0.6 is 0 Å². The van der Waals surface area contributed by atoms with Gasteiger partial charge in [0.2, 0.25) is 15.9 Å². The average Bonchev–Trinajstić information content (AvgIpc) is 2.77. The second kappa shape index (κ2) is 10.0. The molecule has 0 saturated heterocycles. The largest absolute Gasteiger partial charge is 0.460 e. The lowest BCUT2D eigenvalue weighted by Crippen LogP contribution is -2.30. The monoisotopic (exact) mass is 438 g/mol. The zero-order valence-corrected chi connectivity index (χ0v) is 17.7. The van der Waals surface area contributed by atoms with Gasteiger partial charge in [-0.25, -0.2) is 8.42 Å². The molecule has 0 aliphatic carbocycles. The first-order valence-electron chi connectivity index (χ1n) is 9.51. The lowest BCUT2D eigenvalue weighted by Gasteiger charge is -2.09. The van der Waals surface area contributed by atoms with Crippen molar-refractivity contribution in [1.82, 2.24) is 4.72 Å². The molecular weight excluding hydrogens is 416 g/mol. The van der Waals surface area contributed by atoms with E-state index in [4.69, 9.17) is 4.74 Å². The van der Waals surface area contributed by atoms with Gasteiger partial charge in [0, 0.05) is 12.6 Å². The van der Waals surface area contributed by atoms with Crippen molar-refractivity contribution >= 4 is 27.6 Å². The fourth-order valence-electron chi connectivity index (χ4n) is 2.80. The average molecular weight is 439 g/mol. The summed E-state index contributed by atoms with van der Waals surface area (Å²) in [4.78, 5) is 23.0. The quantitative estimate of drug-likeness (QED) is 0.525. The van der Waals surface area contributed by atoms with Crippen molar-refractivity contribution in [3.63, 3.8) is 0 Å². The number of rotatable bonds is 8. The van der Waals surface area contributed by atoms with Crippen molar-refractivity contribution in [2.45, 2.75) is 18.4 Å². The molecule has 0 radical (unpaired) electrons. The van der Waals surface area contributed by atoms with Crippen LogP contribution in [-0.2, 0) is 31.0 Å². The van der Waals surface area contributed by atoms with Crippen LogP contribution in [0.2, 0.25) is 0 Å². The third-order valence-electron chi connectivity index (χ3n) is 4.35. The molecule has 0 unspecified atom stereocenters. The van der Waals surface area contributed by atoms with Crippen LogP contribution in [-0.4, -0.2) is 26.8 Å². The van der Waals surface area contributed by atoms with Crippen molar-refractivity contribution in [1.29, 1.82) is 0 Å². The van der Waals surface area contributed by atoms with Crippen molar-refractivity contribution in [2.75, 3.05) is 11.9 Å². The van der Waals surface area contributed by atoms with E-state index >= 15 is 0 Å². The molecule has 2 N–H and O–H groups in total. The second-order valence-electron chi connectivity index (χ2n) is 6.75. The summed E-state index contributed by atoms with van der Waals surface area (Å²) < 4.78 is 32.0. The number of sulfonamides is 1. The Balaban J connectivity index is 1.50. The Morgan fingerprint density at radius 2 is 1.45 bits per heavy atom. The number of ether oxygens (including phenoxy) is 1. The van der Waals surface area contributed by atoms with Gasteiger partial charge in [-0.3, -0.25) is 9.59 Å². The molecule has 8 heteroatoms. The summed E-state index contributed by atoms with van der Waals surface area (Å²) in [5.41, 5.74) is 3.41. The molecule has 0 aromatic heterocycles. The SMILES string of the molecule is CC(=O)Nc1ccc(S(=O)(=O)NCC(=O)OCc2ccc(-c3ccccc3)cc2)cc1. The van der Waals surface area contributed by atoms with E-state index in [1.54, 1.807) is 0 Å². The minimum Gasteiger partial charge on any atom is -0.460 e. The normalized spacial score (nSPS) is 11.0. The maximum absolute atomic E-state index is 12.3. The molecule has 160 valence electrons. The van der Waals surface area contributed by atoms with E-state index in [1.807, 2.05) is 54.6 Å². The van der Waals surface area contributed by atoms with E-state index in [1.165, 1.54) is 31.2 Å². The van der Waals surface area contributed by atoms with Crippen molar-refractivity contribution in [3.05, 3.63) is 84.4 Å². The molecule has 0 atom stereocenters. The molecular formula is C23H22N2O5S. The molecule has 0 aliphatic rings. The van der Waals surface area contributed by atoms with Crippen LogP contribution in [0, 0.1) is 0 Å². The summed E-state index contributed by atoms with van der Waals surface area (Å²) in [5.74, 6) is -0.947. The summed E-state index contributed by atoms with van der Waals surface area (Å²) in [7, 11) is -3.88. The van der Waals surface area contributed by atoms with Crippen LogP contribution in [0.15, 0.2) is 83.8 Å². The van der Waals surface area contributed by atoms with E-state index in [0.29, 0.717) is 5.69 Å². The number of esters is 1. The van der Waals surface area contributed by atoms with Gasteiger partial charge in [-0.1, -0.05) is 54.6 Å². The van der Waals surface area contributed by atoms with Crippen LogP contribution in [0.1, 0.15) is 12.5 Å². The van der Waals surface area contributed by atoms with Crippen LogP contribution in [0.4, 0.5) is 5.69 Å². The molecule has 31 heavy (non-hydrogen) atoms. The third kappa shape index (κ3) is 6.50. The van der Waals surface area contributed by atoms with E-state index in [-0.39, 0.29) is 17.4 Å². The summed E-state index contributed by atoms with van der Waals surface area (Å²) in [6.07, 6.45) is 0. The lowest BCUT2D eigenvalue weighted by molar-refractivity contribution is -0.143. The first-order chi connectivity index (χ1) is 14.8. The fourth-order valence-corrected chi connectivity index (χ4v) is 3.77. The molecule has 1 amide bonds. The highest BCUT2D eigenvalue weighted by molar-refractivity contribution is 7.89. The topological polar surface area (TPSA) is 102 Å². The Hall–Kier alpha value is -3.49. The molecule has 0 spiro atoms. The fraction of sp³-hybridized carbons (Fsp3) is 0.130. The Morgan fingerprint density at radius 3 is 2.06 bits per heavy atom. The highest BCUT2D eigenvalue weighted by Crippen LogP contribution is 2.19. The van der Waals surface area contributed by atoms with Gasteiger partial charge in [0.15, 0.2) is 0 Å². The van der Waals surface area contributed by atoms with Gasteiger partial charge in [-0.2, -0.15) is 4.72 Å². The van der Waals surface area contributed by atoms with Crippen molar-refractivity contribution in [3.8, 4) is 11.1 Å². The molecule has 0 fully saturated rings. The van der Waals surface area contributed by atoms with Crippen LogP contribution in [0.3, 0.4) is 0 Å². The van der Waals surface area contributed by atoms with Gasteiger partial charge in [-0.05, 0) is 41.0 Å². The van der Waals surface area contributed by atoms with Crippen LogP contribution in [0.5, 0.6) is 0 Å². The lowest BCUT2D eigenvalue weighted by atomic mass is 10.0. The highest BCUT2D eigenvalue weighted by atomic mass is 32.2. The Morgan fingerprint density at radius 1 is 0.839 bits per heavy atom. The number of carbonyl (C=O) groups excluding carboxylic acids is 2. The maximum atomic E-state index is 12.3. The summed E-state index contributed by atoms with van der Waals surface area (Å²) in [5, 5.41) is 2.55. The molecule has 3 rings (SSSR count). The van der Waals surface area contributed by atoms with Crippen molar-refractivity contribution in [2.24, 2.45) is 0 Å². The summed E-state index contributed by atoms with van der Waals surface area (Å²) >= 11 is 0. The highest BCUT2D eigenvalue weighted by Gasteiger charge is 2.16. The number of benzene rings is 3. The zero-order chi connectivity index (χ0) is 22.3. The summed E-state index contributed by atoms with van der Waals surface area (Å²) in [6.45, 7) is 0.911. The number of nitrogens with one attached hydrogen (secondary N) is 2. The van der Waals surface area contributed by atoms with Gasteiger partial charge in [0.25, 0.3) is 0 Å². The zero-order valence-electron chi connectivity index (χ0n) is 16.9. The second-order valence-corrected chi connectivity index (χ2v) is 8.52.